The van der Waals surface area contributed by atoms with Gasteiger partial charge in [0, 0.05) is 13.0 Å². The van der Waals surface area contributed by atoms with Gasteiger partial charge in [-0.3, -0.25) is 4.79 Å². The van der Waals surface area contributed by atoms with Gasteiger partial charge in [0.2, 0.25) is 5.91 Å². The first-order valence-electron chi connectivity index (χ1n) is 11.2. The highest BCUT2D eigenvalue weighted by atomic mass is 32.2. The van der Waals surface area contributed by atoms with Gasteiger partial charge in [-0.15, -0.1) is 0 Å². The zero-order chi connectivity index (χ0) is 23.3. The maximum Gasteiger partial charge on any atom is 0.245 e. The highest BCUT2D eigenvalue weighted by molar-refractivity contribution is 7.92. The first kappa shape index (κ1) is 23.7. The van der Waals surface area contributed by atoms with Gasteiger partial charge in [-0.1, -0.05) is 18.6 Å². The molecule has 0 aliphatic carbocycles. The SMILES string of the molecule is O=C(CC1(c2ccc(Oc3ccc(F)cc3)cc2)CCCCS1(=O)=O)NOC1CCCCO1. The minimum Gasteiger partial charge on any atom is -0.457 e. The maximum atomic E-state index is 13.2. The van der Waals surface area contributed by atoms with Crippen LogP contribution in [0.4, 0.5) is 4.39 Å². The zero-order valence-corrected chi connectivity index (χ0v) is 19.1. The van der Waals surface area contributed by atoms with Crippen LogP contribution < -0.4 is 10.2 Å². The lowest BCUT2D eigenvalue weighted by atomic mass is 9.88. The van der Waals surface area contributed by atoms with Gasteiger partial charge < -0.3 is 9.47 Å². The lowest BCUT2D eigenvalue weighted by molar-refractivity contribution is -0.200. The third-order valence-electron chi connectivity index (χ3n) is 6.16. The minimum absolute atomic E-state index is 0.0285. The first-order valence-corrected chi connectivity index (χ1v) is 12.9. The molecule has 1 N–H and O–H groups in total. The van der Waals surface area contributed by atoms with Gasteiger partial charge in [0.25, 0.3) is 0 Å². The predicted octanol–water partition coefficient (Wildman–Crippen LogP) is 4.38. The van der Waals surface area contributed by atoms with Gasteiger partial charge in [-0.2, -0.15) is 0 Å². The number of benzene rings is 2. The average Bonchev–Trinajstić information content (AvgIpc) is 2.82. The Kier molecular flexibility index (Phi) is 7.31. The molecule has 178 valence electrons. The van der Waals surface area contributed by atoms with Crippen molar-refractivity contribution in [3.63, 3.8) is 0 Å². The highest BCUT2D eigenvalue weighted by Gasteiger charge is 2.48. The number of ether oxygens (including phenoxy) is 2. The van der Waals surface area contributed by atoms with Crippen LogP contribution in [-0.4, -0.2) is 33.0 Å². The summed E-state index contributed by atoms with van der Waals surface area (Å²) in [4.78, 5) is 18.1. The standard InChI is InChI=1S/C24H28FNO6S/c25-19-8-12-21(13-9-19)31-20-10-6-18(7-11-20)24(14-2-4-16-33(24,28)29)17-22(27)26-32-23-5-1-3-15-30-23/h6-13,23H,1-5,14-17H2,(H,26,27). The number of amides is 1. The second kappa shape index (κ2) is 10.2. The maximum absolute atomic E-state index is 13.2. The Morgan fingerprint density at radius 3 is 2.36 bits per heavy atom. The summed E-state index contributed by atoms with van der Waals surface area (Å²) in [6.45, 7) is 0.575. The Morgan fingerprint density at radius 1 is 1.03 bits per heavy atom. The fourth-order valence-electron chi connectivity index (χ4n) is 4.37. The number of hydroxylamine groups is 1. The van der Waals surface area contributed by atoms with Crippen LogP contribution in [0, 0.1) is 5.82 Å². The molecule has 0 saturated carbocycles. The number of carbonyl (C=O) groups excluding carboxylic acids is 1. The van der Waals surface area contributed by atoms with Crippen molar-refractivity contribution in [2.24, 2.45) is 0 Å². The number of halogens is 1. The molecule has 2 heterocycles. The number of carbonyl (C=O) groups is 1. The number of rotatable bonds is 7. The van der Waals surface area contributed by atoms with Gasteiger partial charge in [0.15, 0.2) is 16.1 Å². The van der Waals surface area contributed by atoms with E-state index >= 15 is 0 Å². The number of sulfone groups is 1. The van der Waals surface area contributed by atoms with E-state index in [-0.39, 0.29) is 18.0 Å². The van der Waals surface area contributed by atoms with E-state index in [1.807, 2.05) is 0 Å². The molecule has 2 aromatic rings. The summed E-state index contributed by atoms with van der Waals surface area (Å²) in [6, 6.07) is 12.3. The van der Waals surface area contributed by atoms with Crippen molar-refractivity contribution in [1.29, 1.82) is 0 Å². The van der Waals surface area contributed by atoms with Crippen LogP contribution in [0.25, 0.3) is 0 Å². The molecule has 1 amide bonds. The Morgan fingerprint density at radius 2 is 1.73 bits per heavy atom. The van der Waals surface area contributed by atoms with E-state index < -0.39 is 26.8 Å². The first-order chi connectivity index (χ1) is 15.9. The molecule has 2 atom stereocenters. The van der Waals surface area contributed by atoms with Crippen molar-refractivity contribution in [2.75, 3.05) is 12.4 Å². The molecule has 0 radical (unpaired) electrons. The highest BCUT2D eigenvalue weighted by Crippen LogP contribution is 2.43. The molecule has 9 heteroatoms. The smallest absolute Gasteiger partial charge is 0.245 e. The van der Waals surface area contributed by atoms with Crippen LogP contribution in [0.3, 0.4) is 0 Å². The van der Waals surface area contributed by atoms with Crippen LogP contribution in [0.1, 0.15) is 50.5 Å². The number of hydrogen-bond donors (Lipinski definition) is 1. The molecule has 7 nitrogen and oxygen atoms in total. The number of nitrogens with one attached hydrogen (secondary N) is 1. The summed E-state index contributed by atoms with van der Waals surface area (Å²) in [6.07, 6.45) is 3.46. The molecule has 2 aromatic carbocycles. The zero-order valence-electron chi connectivity index (χ0n) is 18.3. The average molecular weight is 478 g/mol. The van der Waals surface area contributed by atoms with Crippen LogP contribution in [-0.2, 0) is 29.0 Å². The molecule has 0 bridgehead atoms. The third kappa shape index (κ3) is 5.54. The minimum atomic E-state index is -3.58. The van der Waals surface area contributed by atoms with Crippen LogP contribution in [0.5, 0.6) is 11.5 Å². The summed E-state index contributed by atoms with van der Waals surface area (Å²) in [5.41, 5.74) is 2.94. The Balaban J connectivity index is 1.51. The van der Waals surface area contributed by atoms with Crippen molar-refractivity contribution in [3.05, 3.63) is 59.9 Å². The van der Waals surface area contributed by atoms with Crippen LogP contribution >= 0.6 is 0 Å². The van der Waals surface area contributed by atoms with E-state index in [1.165, 1.54) is 24.3 Å². The lowest BCUT2D eigenvalue weighted by Crippen LogP contribution is -2.45. The molecule has 2 unspecified atom stereocenters. The molecule has 2 saturated heterocycles. The normalized spacial score (nSPS) is 24.7. The third-order valence-corrected chi connectivity index (χ3v) is 8.76. The second-order valence-corrected chi connectivity index (χ2v) is 10.9. The quantitative estimate of drug-likeness (QED) is 0.596. The van der Waals surface area contributed by atoms with Crippen LogP contribution in [0.15, 0.2) is 48.5 Å². The van der Waals surface area contributed by atoms with Crippen LogP contribution in [0.2, 0.25) is 0 Å². The summed E-state index contributed by atoms with van der Waals surface area (Å²) in [7, 11) is -3.58. The Labute approximate surface area is 193 Å². The summed E-state index contributed by atoms with van der Waals surface area (Å²) >= 11 is 0. The van der Waals surface area contributed by atoms with Crippen molar-refractivity contribution in [1.82, 2.24) is 5.48 Å². The topological polar surface area (TPSA) is 90.9 Å². The van der Waals surface area contributed by atoms with Crippen molar-refractivity contribution >= 4 is 15.7 Å². The summed E-state index contributed by atoms with van der Waals surface area (Å²) in [5.74, 6) is 0.114. The molecule has 2 aliphatic heterocycles. The van der Waals surface area contributed by atoms with E-state index in [0.717, 1.165) is 12.8 Å². The van der Waals surface area contributed by atoms with E-state index in [9.17, 15) is 17.6 Å². The summed E-state index contributed by atoms with van der Waals surface area (Å²) in [5, 5.41) is 0. The molecule has 0 spiro atoms. The van der Waals surface area contributed by atoms with Gasteiger partial charge >= 0.3 is 0 Å². The van der Waals surface area contributed by atoms with Crippen molar-refractivity contribution in [3.8, 4) is 11.5 Å². The van der Waals surface area contributed by atoms with E-state index in [1.54, 1.807) is 24.3 Å². The fourth-order valence-corrected chi connectivity index (χ4v) is 6.65. The van der Waals surface area contributed by atoms with Crippen molar-refractivity contribution in [2.45, 2.75) is 56.0 Å². The van der Waals surface area contributed by atoms with Gasteiger partial charge in [0.1, 0.15) is 22.1 Å². The van der Waals surface area contributed by atoms with Gasteiger partial charge in [-0.05, 0) is 67.6 Å². The number of hydrogen-bond acceptors (Lipinski definition) is 6. The Hall–Kier alpha value is -2.49. The van der Waals surface area contributed by atoms with Gasteiger partial charge in [-0.25, -0.2) is 23.1 Å². The monoisotopic (exact) mass is 477 g/mol. The van der Waals surface area contributed by atoms with Gasteiger partial charge in [0.05, 0.1) is 12.2 Å². The van der Waals surface area contributed by atoms with Crippen molar-refractivity contribution < 1.29 is 31.9 Å². The predicted molar refractivity (Wildman–Crippen MR) is 120 cm³/mol. The lowest BCUT2D eigenvalue weighted by Gasteiger charge is -2.37. The molecular formula is C24H28FNO6S. The van der Waals surface area contributed by atoms with E-state index in [4.69, 9.17) is 14.3 Å². The summed E-state index contributed by atoms with van der Waals surface area (Å²) < 4.78 is 49.4. The molecule has 33 heavy (non-hydrogen) atoms. The largest absolute Gasteiger partial charge is 0.457 e. The second-order valence-electron chi connectivity index (χ2n) is 8.47. The van der Waals surface area contributed by atoms with E-state index in [0.29, 0.717) is 49.4 Å². The fraction of sp³-hybridized carbons (Fsp3) is 0.458. The molecule has 2 fully saturated rings. The van der Waals surface area contributed by atoms with E-state index in [2.05, 4.69) is 5.48 Å². The molecule has 2 aliphatic rings. The molecule has 4 rings (SSSR count). The molecular weight excluding hydrogens is 449 g/mol. The molecule has 0 aromatic heterocycles. The Bertz CT molecular complexity index is 1050.